The number of rotatable bonds is 3. The molecule has 14 heavy (non-hydrogen) atoms. The quantitative estimate of drug-likeness (QED) is 0.795. The summed E-state index contributed by atoms with van der Waals surface area (Å²) in [5.41, 5.74) is 0.939. The first kappa shape index (κ1) is 9.25. The van der Waals surface area contributed by atoms with E-state index in [2.05, 4.69) is 6.92 Å². The third-order valence-corrected chi connectivity index (χ3v) is 3.02. The van der Waals surface area contributed by atoms with Crippen molar-refractivity contribution >= 4 is 5.97 Å². The number of carbonyl (C=O) groups is 1. The van der Waals surface area contributed by atoms with Crippen molar-refractivity contribution in [3.63, 3.8) is 0 Å². The Hall–Kier alpha value is -1.31. The summed E-state index contributed by atoms with van der Waals surface area (Å²) < 4.78 is 0. The standard InChI is InChI=1S/C12H14O2/c1-8-7-10(8)11(12(13)14)9-5-3-2-4-6-9/h2-6,8,10-11H,7H2,1H3,(H,13,14)/t8?,10?,11-/m1/s1. The predicted octanol–water partition coefficient (Wildman–Crippen LogP) is 2.51. The van der Waals surface area contributed by atoms with Gasteiger partial charge in [-0.1, -0.05) is 37.3 Å². The molecule has 1 aromatic rings. The Labute approximate surface area is 83.6 Å². The summed E-state index contributed by atoms with van der Waals surface area (Å²) in [5, 5.41) is 9.15. The highest BCUT2D eigenvalue weighted by atomic mass is 16.4. The van der Waals surface area contributed by atoms with E-state index in [1.165, 1.54) is 0 Å². The molecule has 3 atom stereocenters. The Kier molecular flexibility index (Phi) is 2.28. The molecule has 0 bridgehead atoms. The number of benzene rings is 1. The highest BCUT2D eigenvalue weighted by molar-refractivity contribution is 5.77. The van der Waals surface area contributed by atoms with E-state index in [1.807, 2.05) is 30.3 Å². The molecule has 1 aromatic carbocycles. The van der Waals surface area contributed by atoms with Crippen LogP contribution in [0.4, 0.5) is 0 Å². The topological polar surface area (TPSA) is 37.3 Å². The molecule has 1 N–H and O–H groups in total. The lowest BCUT2D eigenvalue weighted by Gasteiger charge is -2.11. The van der Waals surface area contributed by atoms with Crippen LogP contribution in [-0.4, -0.2) is 11.1 Å². The van der Waals surface area contributed by atoms with Crippen LogP contribution in [0.2, 0.25) is 0 Å². The lowest BCUT2D eigenvalue weighted by molar-refractivity contribution is -0.139. The first-order valence-corrected chi connectivity index (χ1v) is 4.98. The molecule has 0 aromatic heterocycles. The van der Waals surface area contributed by atoms with Gasteiger partial charge in [0.2, 0.25) is 0 Å². The smallest absolute Gasteiger partial charge is 0.311 e. The van der Waals surface area contributed by atoms with Crippen LogP contribution in [0.1, 0.15) is 24.8 Å². The van der Waals surface area contributed by atoms with Gasteiger partial charge in [-0.15, -0.1) is 0 Å². The van der Waals surface area contributed by atoms with Crippen LogP contribution < -0.4 is 0 Å². The van der Waals surface area contributed by atoms with E-state index in [0.717, 1.165) is 12.0 Å². The maximum absolute atomic E-state index is 11.1. The van der Waals surface area contributed by atoms with Crippen molar-refractivity contribution in [2.45, 2.75) is 19.3 Å². The SMILES string of the molecule is CC1CC1[C@H](C(=O)O)c1ccccc1. The Morgan fingerprint density at radius 1 is 1.43 bits per heavy atom. The molecule has 0 aliphatic heterocycles. The molecule has 2 heteroatoms. The van der Waals surface area contributed by atoms with Crippen LogP contribution in [0.3, 0.4) is 0 Å². The number of carboxylic acids is 1. The fourth-order valence-corrected chi connectivity index (χ4v) is 2.05. The molecular formula is C12H14O2. The van der Waals surface area contributed by atoms with Crippen LogP contribution in [0.25, 0.3) is 0 Å². The van der Waals surface area contributed by atoms with Crippen molar-refractivity contribution in [2.75, 3.05) is 0 Å². The molecule has 1 aliphatic carbocycles. The average molecular weight is 190 g/mol. The van der Waals surface area contributed by atoms with Gasteiger partial charge < -0.3 is 5.11 Å². The van der Waals surface area contributed by atoms with Crippen LogP contribution in [0.15, 0.2) is 30.3 Å². The summed E-state index contributed by atoms with van der Waals surface area (Å²) in [5.74, 6) is -0.0806. The molecule has 2 unspecified atom stereocenters. The summed E-state index contributed by atoms with van der Waals surface area (Å²) in [6.07, 6.45) is 1.05. The number of hydrogen-bond acceptors (Lipinski definition) is 1. The molecule has 0 heterocycles. The van der Waals surface area contributed by atoms with Crippen molar-refractivity contribution in [1.29, 1.82) is 0 Å². The van der Waals surface area contributed by atoms with Gasteiger partial charge in [-0.25, -0.2) is 0 Å². The second-order valence-corrected chi connectivity index (χ2v) is 4.10. The first-order chi connectivity index (χ1) is 6.70. The molecular weight excluding hydrogens is 176 g/mol. The Morgan fingerprint density at radius 3 is 2.43 bits per heavy atom. The van der Waals surface area contributed by atoms with Gasteiger partial charge in [0.25, 0.3) is 0 Å². The second kappa shape index (κ2) is 3.45. The third kappa shape index (κ3) is 1.65. The maximum atomic E-state index is 11.1. The lowest BCUT2D eigenvalue weighted by atomic mass is 9.93. The molecule has 1 saturated carbocycles. The molecule has 0 spiro atoms. The van der Waals surface area contributed by atoms with E-state index in [4.69, 9.17) is 5.11 Å². The lowest BCUT2D eigenvalue weighted by Crippen LogP contribution is -2.14. The number of aliphatic carboxylic acids is 1. The van der Waals surface area contributed by atoms with Gasteiger partial charge in [0.15, 0.2) is 0 Å². The number of hydrogen-bond donors (Lipinski definition) is 1. The molecule has 1 fully saturated rings. The molecule has 2 nitrogen and oxygen atoms in total. The van der Waals surface area contributed by atoms with E-state index < -0.39 is 5.97 Å². The van der Waals surface area contributed by atoms with E-state index in [-0.39, 0.29) is 5.92 Å². The van der Waals surface area contributed by atoms with Crippen LogP contribution in [-0.2, 0) is 4.79 Å². The third-order valence-electron chi connectivity index (χ3n) is 3.02. The van der Waals surface area contributed by atoms with Gasteiger partial charge >= 0.3 is 5.97 Å². The van der Waals surface area contributed by atoms with Crippen molar-refractivity contribution in [3.05, 3.63) is 35.9 Å². The van der Waals surface area contributed by atoms with E-state index in [0.29, 0.717) is 11.8 Å². The van der Waals surface area contributed by atoms with Gasteiger partial charge in [0.05, 0.1) is 5.92 Å². The Bertz CT molecular complexity index is 331. The fourth-order valence-electron chi connectivity index (χ4n) is 2.05. The van der Waals surface area contributed by atoms with E-state index >= 15 is 0 Å². The minimum absolute atomic E-state index is 0.300. The summed E-state index contributed by atoms with van der Waals surface area (Å²) in [6, 6.07) is 9.53. The highest BCUT2D eigenvalue weighted by Crippen LogP contribution is 2.48. The van der Waals surface area contributed by atoms with Gasteiger partial charge in [0, 0.05) is 0 Å². The van der Waals surface area contributed by atoms with E-state index in [1.54, 1.807) is 0 Å². The molecule has 1 aliphatic rings. The normalized spacial score (nSPS) is 26.9. The van der Waals surface area contributed by atoms with Crippen LogP contribution in [0, 0.1) is 11.8 Å². The zero-order chi connectivity index (χ0) is 10.1. The van der Waals surface area contributed by atoms with Gasteiger partial charge in [-0.2, -0.15) is 0 Å². The van der Waals surface area contributed by atoms with Crippen molar-refractivity contribution in [2.24, 2.45) is 11.8 Å². The minimum Gasteiger partial charge on any atom is -0.481 e. The van der Waals surface area contributed by atoms with Crippen LogP contribution >= 0.6 is 0 Å². The minimum atomic E-state index is -0.689. The van der Waals surface area contributed by atoms with Gasteiger partial charge in [0.1, 0.15) is 0 Å². The molecule has 0 radical (unpaired) electrons. The Morgan fingerprint density at radius 2 is 2.00 bits per heavy atom. The highest BCUT2D eigenvalue weighted by Gasteiger charge is 2.43. The summed E-state index contributed by atoms with van der Waals surface area (Å²) in [6.45, 7) is 2.11. The molecule has 2 rings (SSSR count). The van der Waals surface area contributed by atoms with Crippen molar-refractivity contribution < 1.29 is 9.90 Å². The predicted molar refractivity (Wildman–Crippen MR) is 54.1 cm³/mol. The largest absolute Gasteiger partial charge is 0.481 e. The van der Waals surface area contributed by atoms with Gasteiger partial charge in [-0.05, 0) is 23.8 Å². The summed E-state index contributed by atoms with van der Waals surface area (Å²) >= 11 is 0. The molecule has 0 saturated heterocycles. The zero-order valence-electron chi connectivity index (χ0n) is 8.18. The van der Waals surface area contributed by atoms with E-state index in [9.17, 15) is 4.79 Å². The maximum Gasteiger partial charge on any atom is 0.311 e. The Balaban J connectivity index is 2.24. The molecule has 0 amide bonds. The monoisotopic (exact) mass is 190 g/mol. The van der Waals surface area contributed by atoms with Gasteiger partial charge in [-0.3, -0.25) is 4.79 Å². The summed E-state index contributed by atoms with van der Waals surface area (Å²) in [7, 11) is 0. The second-order valence-electron chi connectivity index (χ2n) is 4.10. The zero-order valence-corrected chi connectivity index (χ0v) is 8.18. The first-order valence-electron chi connectivity index (χ1n) is 4.98. The fraction of sp³-hybridized carbons (Fsp3) is 0.417. The number of carboxylic acid groups (broad SMARTS) is 1. The molecule has 74 valence electrons. The van der Waals surface area contributed by atoms with Crippen molar-refractivity contribution in [1.82, 2.24) is 0 Å². The summed E-state index contributed by atoms with van der Waals surface area (Å²) in [4.78, 5) is 11.1. The average Bonchev–Trinajstić information content (AvgIpc) is 2.84. The van der Waals surface area contributed by atoms with Crippen LogP contribution in [0.5, 0.6) is 0 Å². The van der Waals surface area contributed by atoms with Crippen molar-refractivity contribution in [3.8, 4) is 0 Å².